The van der Waals surface area contributed by atoms with Crippen LogP contribution in [0.1, 0.15) is 46.5 Å². The molecule has 6 heteroatoms. The van der Waals surface area contributed by atoms with Gasteiger partial charge in [0.05, 0.1) is 5.54 Å². The lowest BCUT2D eigenvalue weighted by Gasteiger charge is -2.20. The maximum atomic E-state index is 11.2. The second-order valence-electron chi connectivity index (χ2n) is 6.14. The third kappa shape index (κ3) is 3.18. The SMILES string of the molecule is CC(C)(C)N1OC1=O.O=C1C=CC(=O)N1C1CCCC1. The molecule has 0 atom stereocenters. The van der Waals surface area contributed by atoms with E-state index in [9.17, 15) is 14.4 Å². The van der Waals surface area contributed by atoms with Gasteiger partial charge >= 0.3 is 6.09 Å². The molecule has 6 nitrogen and oxygen atoms in total. The van der Waals surface area contributed by atoms with Gasteiger partial charge in [-0.25, -0.2) is 4.79 Å². The molecule has 1 saturated heterocycles. The van der Waals surface area contributed by atoms with Crippen LogP contribution in [-0.2, 0) is 14.4 Å². The lowest BCUT2D eigenvalue weighted by Crippen LogP contribution is -2.38. The van der Waals surface area contributed by atoms with Crippen molar-refractivity contribution in [2.24, 2.45) is 0 Å². The molecule has 2 fully saturated rings. The first-order valence-electron chi connectivity index (χ1n) is 6.88. The Kier molecular flexibility index (Phi) is 3.83. The third-order valence-electron chi connectivity index (χ3n) is 3.45. The quantitative estimate of drug-likeness (QED) is 0.544. The number of amides is 3. The van der Waals surface area contributed by atoms with Crippen LogP contribution in [0.2, 0.25) is 0 Å². The summed E-state index contributed by atoms with van der Waals surface area (Å²) in [4.78, 5) is 38.5. The molecule has 0 radical (unpaired) electrons. The van der Waals surface area contributed by atoms with Gasteiger partial charge in [-0.05, 0) is 33.6 Å². The highest BCUT2D eigenvalue weighted by Gasteiger charge is 2.44. The highest BCUT2D eigenvalue weighted by atomic mass is 16.9. The van der Waals surface area contributed by atoms with E-state index >= 15 is 0 Å². The molecule has 0 bridgehead atoms. The summed E-state index contributed by atoms with van der Waals surface area (Å²) in [5.41, 5.74) is -0.156. The van der Waals surface area contributed by atoms with Gasteiger partial charge in [-0.1, -0.05) is 12.8 Å². The van der Waals surface area contributed by atoms with E-state index in [2.05, 4.69) is 4.84 Å². The molecule has 2 aliphatic heterocycles. The van der Waals surface area contributed by atoms with Crippen LogP contribution in [0.25, 0.3) is 0 Å². The Balaban J connectivity index is 0.000000160. The molecule has 110 valence electrons. The molecule has 3 rings (SSSR count). The van der Waals surface area contributed by atoms with Gasteiger partial charge in [0.25, 0.3) is 11.8 Å². The molecule has 0 spiro atoms. The van der Waals surface area contributed by atoms with Crippen molar-refractivity contribution in [3.63, 3.8) is 0 Å². The van der Waals surface area contributed by atoms with Crippen molar-refractivity contribution in [2.75, 3.05) is 0 Å². The number of nitrogens with zero attached hydrogens (tertiary/aromatic N) is 2. The summed E-state index contributed by atoms with van der Waals surface area (Å²) >= 11 is 0. The van der Waals surface area contributed by atoms with Crippen LogP contribution in [-0.4, -0.2) is 39.5 Å². The molecule has 0 unspecified atom stereocenters. The zero-order valence-electron chi connectivity index (χ0n) is 12.1. The summed E-state index contributed by atoms with van der Waals surface area (Å²) in [5, 5.41) is 1.34. The van der Waals surface area contributed by atoms with Gasteiger partial charge < -0.3 is 4.84 Å². The minimum atomic E-state index is -0.225. The number of carbonyl (C=O) groups is 3. The average molecular weight is 280 g/mol. The van der Waals surface area contributed by atoms with Gasteiger partial charge in [-0.3, -0.25) is 14.5 Å². The monoisotopic (exact) mass is 280 g/mol. The molecule has 3 aliphatic rings. The number of imide groups is 1. The van der Waals surface area contributed by atoms with E-state index in [4.69, 9.17) is 0 Å². The van der Waals surface area contributed by atoms with Crippen LogP contribution in [0.3, 0.4) is 0 Å². The van der Waals surface area contributed by atoms with E-state index in [1.54, 1.807) is 0 Å². The smallest absolute Gasteiger partial charge is 0.313 e. The summed E-state index contributed by atoms with van der Waals surface area (Å²) in [6, 6.07) is 0.181. The molecule has 1 saturated carbocycles. The Morgan fingerprint density at radius 2 is 1.50 bits per heavy atom. The predicted molar refractivity (Wildman–Crippen MR) is 71.3 cm³/mol. The largest absolute Gasteiger partial charge is 0.468 e. The number of carbonyl (C=O) groups excluding carboxylic acids is 3. The Morgan fingerprint density at radius 3 is 1.80 bits per heavy atom. The van der Waals surface area contributed by atoms with Crippen LogP contribution in [0.5, 0.6) is 0 Å². The molecular formula is C14H20N2O4. The zero-order chi connectivity index (χ0) is 14.9. The van der Waals surface area contributed by atoms with E-state index in [1.165, 1.54) is 22.1 Å². The van der Waals surface area contributed by atoms with E-state index in [-0.39, 0.29) is 29.5 Å². The minimum Gasteiger partial charge on any atom is -0.313 e. The summed E-state index contributed by atoms with van der Waals surface area (Å²) in [6.45, 7) is 5.74. The fourth-order valence-electron chi connectivity index (χ4n) is 2.40. The standard InChI is InChI=1S/C9H11NO2.C5H9NO2/c11-8-5-6-9(12)10(8)7-3-1-2-4-7;1-5(2,3)6-4(7)8-6/h5-7H,1-4H2;1-3H3. The minimum absolute atomic E-state index is 0.132. The maximum absolute atomic E-state index is 11.2. The molecule has 0 N–H and O–H groups in total. The second-order valence-corrected chi connectivity index (χ2v) is 6.14. The van der Waals surface area contributed by atoms with Crippen molar-refractivity contribution in [2.45, 2.75) is 58.0 Å². The highest BCUT2D eigenvalue weighted by molar-refractivity contribution is 6.13. The Hall–Kier alpha value is -1.85. The maximum Gasteiger partial charge on any atom is 0.468 e. The number of hydrogen-bond acceptors (Lipinski definition) is 4. The Bertz CT molecular complexity index is 440. The van der Waals surface area contributed by atoms with Crippen LogP contribution in [0, 0.1) is 0 Å². The second kappa shape index (κ2) is 5.26. The van der Waals surface area contributed by atoms with Gasteiger partial charge in [-0.2, -0.15) is 0 Å². The first-order chi connectivity index (χ1) is 9.30. The predicted octanol–water partition coefficient (Wildman–Crippen LogP) is 2.01. The van der Waals surface area contributed by atoms with E-state index in [1.807, 2.05) is 20.8 Å². The van der Waals surface area contributed by atoms with Crippen LogP contribution < -0.4 is 0 Å². The number of hydroxylamine groups is 2. The zero-order valence-corrected chi connectivity index (χ0v) is 12.1. The molecule has 0 aromatic rings. The lowest BCUT2D eigenvalue weighted by molar-refractivity contribution is -0.139. The van der Waals surface area contributed by atoms with Crippen LogP contribution in [0.15, 0.2) is 12.2 Å². The topological polar surface area (TPSA) is 70.0 Å². The van der Waals surface area contributed by atoms with Crippen molar-refractivity contribution in [1.29, 1.82) is 0 Å². The Labute approximate surface area is 118 Å². The van der Waals surface area contributed by atoms with Crippen molar-refractivity contribution >= 4 is 17.9 Å². The van der Waals surface area contributed by atoms with Gasteiger partial charge in [0.2, 0.25) is 0 Å². The summed E-state index contributed by atoms with van der Waals surface area (Å²) < 4.78 is 0. The van der Waals surface area contributed by atoms with Gasteiger partial charge in [0.15, 0.2) is 0 Å². The lowest BCUT2D eigenvalue weighted by atomic mass is 10.1. The van der Waals surface area contributed by atoms with Crippen molar-refractivity contribution in [3.05, 3.63) is 12.2 Å². The van der Waals surface area contributed by atoms with Crippen LogP contribution >= 0.6 is 0 Å². The molecule has 20 heavy (non-hydrogen) atoms. The van der Waals surface area contributed by atoms with Gasteiger partial charge in [0.1, 0.15) is 0 Å². The fourth-order valence-corrected chi connectivity index (χ4v) is 2.40. The highest BCUT2D eigenvalue weighted by Crippen LogP contribution is 2.26. The molecule has 0 aromatic heterocycles. The summed E-state index contributed by atoms with van der Waals surface area (Å²) in [6.07, 6.45) is 6.75. The fraction of sp³-hybridized carbons (Fsp3) is 0.643. The normalized spacial score (nSPS) is 22.1. The molecule has 1 aliphatic carbocycles. The molecule has 0 aromatic carbocycles. The molecular weight excluding hydrogens is 260 g/mol. The first kappa shape index (κ1) is 14.6. The van der Waals surface area contributed by atoms with Crippen molar-refractivity contribution in [3.8, 4) is 0 Å². The molecule has 3 amide bonds. The molecule has 2 heterocycles. The van der Waals surface area contributed by atoms with Crippen molar-refractivity contribution in [1.82, 2.24) is 9.96 Å². The van der Waals surface area contributed by atoms with Crippen LogP contribution in [0.4, 0.5) is 4.79 Å². The number of hydrogen-bond donors (Lipinski definition) is 0. The summed E-state index contributed by atoms with van der Waals surface area (Å²) in [7, 11) is 0. The van der Waals surface area contributed by atoms with Crippen molar-refractivity contribution < 1.29 is 19.2 Å². The van der Waals surface area contributed by atoms with E-state index in [0.717, 1.165) is 25.7 Å². The van der Waals surface area contributed by atoms with Gasteiger partial charge in [0, 0.05) is 18.2 Å². The first-order valence-corrected chi connectivity index (χ1v) is 6.88. The van der Waals surface area contributed by atoms with Gasteiger partial charge in [-0.15, -0.1) is 5.06 Å². The summed E-state index contributed by atoms with van der Waals surface area (Å²) in [5.74, 6) is -0.265. The van der Waals surface area contributed by atoms with E-state index < -0.39 is 0 Å². The average Bonchev–Trinajstić information content (AvgIpc) is 2.74. The third-order valence-corrected chi connectivity index (χ3v) is 3.45. The number of rotatable bonds is 1. The Morgan fingerprint density at radius 1 is 1.05 bits per heavy atom. The van der Waals surface area contributed by atoms with E-state index in [0.29, 0.717) is 0 Å².